The zero-order valence-corrected chi connectivity index (χ0v) is 14.0. The number of hydrogen-bond donors (Lipinski definition) is 3. The fourth-order valence-electron chi connectivity index (χ4n) is 2.62. The number of aromatic nitrogens is 2. The molecular formula is C19H16FN3O4. The number of carboxylic acid groups (broad SMARTS) is 1. The molecule has 3 N–H and O–H groups in total. The second-order valence-corrected chi connectivity index (χ2v) is 5.81. The number of rotatable bonds is 6. The molecule has 27 heavy (non-hydrogen) atoms. The maximum atomic E-state index is 13.5. The summed E-state index contributed by atoms with van der Waals surface area (Å²) < 4.78 is 14.6. The smallest absolute Gasteiger partial charge is 0.305 e. The van der Waals surface area contributed by atoms with Gasteiger partial charge in [-0.05, 0) is 29.8 Å². The van der Waals surface area contributed by atoms with Gasteiger partial charge in [0.05, 0.1) is 18.2 Å². The monoisotopic (exact) mass is 369 g/mol. The number of benzene rings is 2. The Bertz CT molecular complexity index is 972. The second-order valence-electron chi connectivity index (χ2n) is 5.81. The lowest BCUT2D eigenvalue weighted by molar-refractivity contribution is -0.137. The summed E-state index contributed by atoms with van der Waals surface area (Å²) in [6.45, 7) is 0. The third-order valence-electron chi connectivity index (χ3n) is 3.86. The highest BCUT2D eigenvalue weighted by molar-refractivity contribution is 5.93. The van der Waals surface area contributed by atoms with Crippen molar-refractivity contribution in [3.05, 3.63) is 77.7 Å². The van der Waals surface area contributed by atoms with Gasteiger partial charge in [0.2, 0.25) is 5.88 Å². The van der Waals surface area contributed by atoms with Gasteiger partial charge < -0.3 is 15.5 Å². The second kappa shape index (κ2) is 7.69. The van der Waals surface area contributed by atoms with E-state index in [4.69, 9.17) is 5.11 Å². The fraction of sp³-hybridized carbons (Fsp3) is 0.105. The Labute approximate surface area is 153 Å². The summed E-state index contributed by atoms with van der Waals surface area (Å²) >= 11 is 0. The minimum absolute atomic E-state index is 0.0943. The van der Waals surface area contributed by atoms with Gasteiger partial charge in [0, 0.05) is 6.07 Å². The van der Waals surface area contributed by atoms with Crippen molar-refractivity contribution in [2.24, 2.45) is 0 Å². The van der Waals surface area contributed by atoms with Crippen LogP contribution in [0.15, 0.2) is 60.7 Å². The van der Waals surface area contributed by atoms with Crippen LogP contribution in [-0.2, 0) is 4.79 Å². The van der Waals surface area contributed by atoms with Crippen LogP contribution in [-0.4, -0.2) is 31.9 Å². The molecule has 7 nitrogen and oxygen atoms in total. The molecule has 1 atom stereocenters. The lowest BCUT2D eigenvalue weighted by Crippen LogP contribution is -2.30. The van der Waals surface area contributed by atoms with E-state index in [0.717, 1.165) is 6.07 Å². The van der Waals surface area contributed by atoms with E-state index in [1.807, 2.05) is 0 Å². The number of carbonyl (C=O) groups excluding carboxylic acids is 1. The highest BCUT2D eigenvalue weighted by Gasteiger charge is 2.22. The van der Waals surface area contributed by atoms with E-state index in [9.17, 15) is 19.1 Å². The molecule has 0 aliphatic heterocycles. The molecule has 0 aliphatic rings. The number of nitrogens with one attached hydrogen (secondary N) is 1. The van der Waals surface area contributed by atoms with E-state index in [0.29, 0.717) is 11.3 Å². The van der Waals surface area contributed by atoms with Gasteiger partial charge in [-0.25, -0.2) is 9.07 Å². The molecule has 1 heterocycles. The average molecular weight is 369 g/mol. The number of halogens is 1. The Morgan fingerprint density at radius 2 is 1.85 bits per heavy atom. The van der Waals surface area contributed by atoms with Crippen LogP contribution in [0.3, 0.4) is 0 Å². The fourth-order valence-corrected chi connectivity index (χ4v) is 2.62. The van der Waals surface area contributed by atoms with Crippen LogP contribution in [0.2, 0.25) is 0 Å². The first kappa shape index (κ1) is 18.1. The summed E-state index contributed by atoms with van der Waals surface area (Å²) in [5, 5.41) is 25.7. The van der Waals surface area contributed by atoms with Crippen molar-refractivity contribution in [1.29, 1.82) is 0 Å². The minimum Gasteiger partial charge on any atom is -0.493 e. The van der Waals surface area contributed by atoms with E-state index in [-0.39, 0.29) is 11.6 Å². The highest BCUT2D eigenvalue weighted by Crippen LogP contribution is 2.21. The summed E-state index contributed by atoms with van der Waals surface area (Å²) in [6.07, 6.45) is -0.430. The molecule has 0 fully saturated rings. The van der Waals surface area contributed by atoms with E-state index in [2.05, 4.69) is 10.4 Å². The lowest BCUT2D eigenvalue weighted by Gasteiger charge is -2.16. The number of hydrogen-bond acceptors (Lipinski definition) is 4. The number of carbonyl (C=O) groups is 2. The third-order valence-corrected chi connectivity index (χ3v) is 3.86. The van der Waals surface area contributed by atoms with E-state index in [1.54, 1.807) is 30.3 Å². The molecule has 8 heteroatoms. The maximum Gasteiger partial charge on any atom is 0.305 e. The molecule has 0 saturated carbocycles. The summed E-state index contributed by atoms with van der Waals surface area (Å²) in [7, 11) is 0. The van der Waals surface area contributed by atoms with E-state index >= 15 is 0 Å². The molecule has 138 valence electrons. The molecule has 1 aromatic heterocycles. The highest BCUT2D eigenvalue weighted by atomic mass is 19.1. The predicted octanol–water partition coefficient (Wildman–Crippen LogP) is 2.66. The van der Waals surface area contributed by atoms with Crippen LogP contribution in [0.5, 0.6) is 5.88 Å². The van der Waals surface area contributed by atoms with Gasteiger partial charge >= 0.3 is 5.97 Å². The topological polar surface area (TPSA) is 104 Å². The Morgan fingerprint density at radius 3 is 2.52 bits per heavy atom. The van der Waals surface area contributed by atoms with Crippen LogP contribution < -0.4 is 5.32 Å². The minimum atomic E-state index is -1.15. The van der Waals surface area contributed by atoms with Crippen LogP contribution in [0, 0.1) is 5.82 Å². The average Bonchev–Trinajstić information content (AvgIpc) is 3.03. The molecule has 1 amide bonds. The Morgan fingerprint density at radius 1 is 1.11 bits per heavy atom. The van der Waals surface area contributed by atoms with Gasteiger partial charge in [0.1, 0.15) is 5.82 Å². The first-order valence-corrected chi connectivity index (χ1v) is 8.06. The van der Waals surface area contributed by atoms with Crippen LogP contribution in [0.4, 0.5) is 4.39 Å². The lowest BCUT2D eigenvalue weighted by atomic mass is 10.0. The number of nitrogens with zero attached hydrogens (tertiary/aromatic N) is 2. The van der Waals surface area contributed by atoms with Crippen molar-refractivity contribution in [1.82, 2.24) is 15.1 Å². The summed E-state index contributed by atoms with van der Waals surface area (Å²) in [6, 6.07) is 14.3. The first-order chi connectivity index (χ1) is 12.9. The number of aliphatic carboxylic acids is 1. The van der Waals surface area contributed by atoms with Gasteiger partial charge in [0.15, 0.2) is 5.69 Å². The third kappa shape index (κ3) is 4.30. The van der Waals surface area contributed by atoms with Crippen molar-refractivity contribution in [3.8, 4) is 11.6 Å². The molecular weight excluding hydrogens is 353 g/mol. The normalized spacial score (nSPS) is 11.7. The Hall–Kier alpha value is -3.68. The molecule has 3 rings (SSSR count). The predicted molar refractivity (Wildman–Crippen MR) is 94.1 cm³/mol. The quantitative estimate of drug-likeness (QED) is 0.620. The largest absolute Gasteiger partial charge is 0.493 e. The summed E-state index contributed by atoms with van der Waals surface area (Å²) in [4.78, 5) is 23.6. The SMILES string of the molecule is O=C(O)CC(NC(=O)c1cc(O)n(-c2ccccc2)n1)c1cccc(F)c1. The van der Waals surface area contributed by atoms with Gasteiger partial charge in [0.25, 0.3) is 5.91 Å². The number of para-hydroxylation sites is 1. The van der Waals surface area contributed by atoms with Crippen LogP contribution in [0.1, 0.15) is 28.5 Å². The van der Waals surface area contributed by atoms with Crippen LogP contribution >= 0.6 is 0 Å². The van der Waals surface area contributed by atoms with Crippen LogP contribution in [0.25, 0.3) is 5.69 Å². The molecule has 3 aromatic rings. The number of amides is 1. The van der Waals surface area contributed by atoms with Crippen molar-refractivity contribution < 1.29 is 24.2 Å². The molecule has 0 bridgehead atoms. The molecule has 2 aromatic carbocycles. The maximum absolute atomic E-state index is 13.5. The Balaban J connectivity index is 1.85. The van der Waals surface area contributed by atoms with Crippen molar-refractivity contribution in [3.63, 3.8) is 0 Å². The van der Waals surface area contributed by atoms with Gasteiger partial charge in [-0.3, -0.25) is 9.59 Å². The van der Waals surface area contributed by atoms with Crippen molar-refractivity contribution >= 4 is 11.9 Å². The summed E-state index contributed by atoms with van der Waals surface area (Å²) in [5.41, 5.74) is 0.780. The molecule has 0 aliphatic carbocycles. The first-order valence-electron chi connectivity index (χ1n) is 8.06. The Kier molecular flexibility index (Phi) is 5.16. The standard InChI is InChI=1S/C19H16FN3O4/c20-13-6-4-5-12(9-13)15(11-18(25)26)21-19(27)16-10-17(24)23(22-16)14-7-2-1-3-8-14/h1-10,15,24H,11H2,(H,21,27)(H,25,26). The van der Waals surface area contributed by atoms with E-state index in [1.165, 1.54) is 28.9 Å². The van der Waals surface area contributed by atoms with E-state index < -0.39 is 30.2 Å². The molecule has 1 unspecified atom stereocenters. The van der Waals surface area contributed by atoms with Crippen molar-refractivity contribution in [2.75, 3.05) is 0 Å². The van der Waals surface area contributed by atoms with Gasteiger partial charge in [-0.2, -0.15) is 5.10 Å². The zero-order valence-electron chi connectivity index (χ0n) is 14.0. The summed E-state index contributed by atoms with van der Waals surface area (Å²) in [5.74, 6) is -2.62. The van der Waals surface area contributed by atoms with Gasteiger partial charge in [-0.1, -0.05) is 30.3 Å². The van der Waals surface area contributed by atoms with Crippen molar-refractivity contribution in [2.45, 2.75) is 12.5 Å². The number of carboxylic acids is 1. The molecule has 0 saturated heterocycles. The molecule has 0 radical (unpaired) electrons. The number of aromatic hydroxyl groups is 1. The molecule has 0 spiro atoms. The zero-order chi connectivity index (χ0) is 19.4. The van der Waals surface area contributed by atoms with Gasteiger partial charge in [-0.15, -0.1) is 0 Å².